The largest absolute Gasteiger partial charge is 0.377 e. The third-order valence-corrected chi connectivity index (χ3v) is 4.97. The van der Waals surface area contributed by atoms with E-state index in [1.54, 1.807) is 12.1 Å². The first-order chi connectivity index (χ1) is 10.9. The number of benzene rings is 2. The molecule has 2 aromatic rings. The molecule has 2 aliphatic heterocycles. The van der Waals surface area contributed by atoms with E-state index in [-0.39, 0.29) is 17.5 Å². The molecule has 0 saturated carbocycles. The van der Waals surface area contributed by atoms with Gasteiger partial charge in [-0.2, -0.15) is 0 Å². The van der Waals surface area contributed by atoms with Crippen LogP contribution < -0.4 is 5.32 Å². The topological polar surface area (TPSA) is 35.5 Å². The lowest BCUT2D eigenvalue weighted by molar-refractivity contribution is -0.0294. The molecule has 4 rings (SSSR count). The number of halogens is 1. The highest BCUT2D eigenvalue weighted by molar-refractivity contribution is 5.45. The van der Waals surface area contributed by atoms with Crippen LogP contribution in [0.4, 0.5) is 4.39 Å². The van der Waals surface area contributed by atoms with E-state index in [9.17, 15) is 9.50 Å². The van der Waals surface area contributed by atoms with Crippen LogP contribution in [0.5, 0.6) is 0 Å². The van der Waals surface area contributed by atoms with Gasteiger partial charge in [0.05, 0.1) is 6.17 Å². The molecule has 23 heavy (non-hydrogen) atoms. The molecular formula is C19H21FN2O. The zero-order chi connectivity index (χ0) is 16.2. The number of fused-ring (bicyclic) bond motifs is 2. The summed E-state index contributed by atoms with van der Waals surface area (Å²) in [6, 6.07) is 14.2. The van der Waals surface area contributed by atoms with Gasteiger partial charge in [0.1, 0.15) is 11.4 Å². The standard InChI is InChI=1S/C19H21FN2O/c1-18(2)12-22-11-13-5-3-4-6-16(13)19(23,17(22)21-18)14-7-9-15(20)10-8-14/h3-10,17,21,23H,11-12H2,1-2H3. The molecule has 1 fully saturated rings. The van der Waals surface area contributed by atoms with E-state index in [2.05, 4.69) is 30.1 Å². The summed E-state index contributed by atoms with van der Waals surface area (Å²) in [6.45, 7) is 5.94. The molecule has 0 spiro atoms. The summed E-state index contributed by atoms with van der Waals surface area (Å²) in [6.07, 6.45) is -0.224. The van der Waals surface area contributed by atoms with Crippen molar-refractivity contribution in [2.45, 2.75) is 37.7 Å². The Morgan fingerprint density at radius 2 is 1.83 bits per heavy atom. The third kappa shape index (κ3) is 2.21. The van der Waals surface area contributed by atoms with Gasteiger partial charge < -0.3 is 5.11 Å². The molecule has 0 bridgehead atoms. The van der Waals surface area contributed by atoms with Crippen LogP contribution in [-0.2, 0) is 12.1 Å². The second kappa shape index (κ2) is 4.87. The van der Waals surface area contributed by atoms with Gasteiger partial charge in [-0.05, 0) is 42.7 Å². The number of aliphatic hydroxyl groups is 1. The molecule has 2 aromatic carbocycles. The van der Waals surface area contributed by atoms with Crippen molar-refractivity contribution in [1.29, 1.82) is 0 Å². The smallest absolute Gasteiger partial charge is 0.143 e. The fourth-order valence-corrected chi connectivity index (χ4v) is 4.04. The summed E-state index contributed by atoms with van der Waals surface area (Å²) < 4.78 is 13.4. The molecule has 2 unspecified atom stereocenters. The first-order valence-corrected chi connectivity index (χ1v) is 7.99. The minimum Gasteiger partial charge on any atom is -0.377 e. The quantitative estimate of drug-likeness (QED) is 0.849. The Morgan fingerprint density at radius 3 is 2.57 bits per heavy atom. The Labute approximate surface area is 135 Å². The van der Waals surface area contributed by atoms with Crippen LogP contribution in [0.25, 0.3) is 0 Å². The van der Waals surface area contributed by atoms with E-state index in [1.165, 1.54) is 12.1 Å². The highest BCUT2D eigenvalue weighted by atomic mass is 19.1. The van der Waals surface area contributed by atoms with Crippen molar-refractivity contribution in [1.82, 2.24) is 10.2 Å². The van der Waals surface area contributed by atoms with E-state index in [0.717, 1.165) is 24.2 Å². The lowest BCUT2D eigenvalue weighted by Gasteiger charge is -2.45. The minimum atomic E-state index is -1.20. The molecule has 4 heteroatoms. The van der Waals surface area contributed by atoms with Gasteiger partial charge in [-0.3, -0.25) is 10.2 Å². The van der Waals surface area contributed by atoms with Crippen molar-refractivity contribution in [3.63, 3.8) is 0 Å². The van der Waals surface area contributed by atoms with Crippen molar-refractivity contribution >= 4 is 0 Å². The number of rotatable bonds is 1. The zero-order valence-corrected chi connectivity index (χ0v) is 13.4. The Kier molecular flexibility index (Phi) is 3.14. The molecule has 1 saturated heterocycles. The van der Waals surface area contributed by atoms with Gasteiger partial charge in [0.25, 0.3) is 0 Å². The molecule has 2 aliphatic rings. The number of nitrogens with zero attached hydrogens (tertiary/aromatic N) is 1. The predicted molar refractivity (Wildman–Crippen MR) is 87.3 cm³/mol. The molecular weight excluding hydrogens is 291 g/mol. The van der Waals surface area contributed by atoms with Crippen LogP contribution in [0.3, 0.4) is 0 Å². The van der Waals surface area contributed by atoms with Gasteiger partial charge in [-0.15, -0.1) is 0 Å². The predicted octanol–water partition coefficient (Wildman–Crippen LogP) is 2.59. The van der Waals surface area contributed by atoms with E-state index >= 15 is 0 Å². The Balaban J connectivity index is 1.91. The molecule has 2 atom stereocenters. The first-order valence-electron chi connectivity index (χ1n) is 7.99. The molecule has 0 amide bonds. The molecule has 0 radical (unpaired) electrons. The van der Waals surface area contributed by atoms with Crippen molar-refractivity contribution in [2.75, 3.05) is 6.54 Å². The Bertz CT molecular complexity index is 743. The first kappa shape index (κ1) is 14.8. The van der Waals surface area contributed by atoms with E-state index in [1.807, 2.05) is 18.2 Å². The maximum atomic E-state index is 13.4. The lowest BCUT2D eigenvalue weighted by Crippen LogP contribution is -2.57. The summed E-state index contributed by atoms with van der Waals surface area (Å²) in [5, 5.41) is 15.3. The molecule has 120 valence electrons. The van der Waals surface area contributed by atoms with Crippen LogP contribution in [-0.4, -0.2) is 28.3 Å². The lowest BCUT2D eigenvalue weighted by atomic mass is 9.78. The average molecular weight is 312 g/mol. The van der Waals surface area contributed by atoms with Gasteiger partial charge >= 0.3 is 0 Å². The molecule has 0 aliphatic carbocycles. The van der Waals surface area contributed by atoms with Gasteiger partial charge in [0, 0.05) is 18.6 Å². The average Bonchev–Trinajstić information content (AvgIpc) is 2.83. The second-order valence-corrected chi connectivity index (χ2v) is 7.27. The highest BCUT2D eigenvalue weighted by Crippen LogP contribution is 2.44. The van der Waals surface area contributed by atoms with E-state index in [0.29, 0.717) is 5.56 Å². The zero-order valence-electron chi connectivity index (χ0n) is 13.4. The van der Waals surface area contributed by atoms with Crippen LogP contribution >= 0.6 is 0 Å². The monoisotopic (exact) mass is 312 g/mol. The summed E-state index contributed by atoms with van der Waals surface area (Å²) in [5.74, 6) is -0.294. The van der Waals surface area contributed by atoms with Gasteiger partial charge in [-0.1, -0.05) is 36.4 Å². The van der Waals surface area contributed by atoms with Gasteiger partial charge in [-0.25, -0.2) is 4.39 Å². The van der Waals surface area contributed by atoms with Crippen molar-refractivity contribution < 1.29 is 9.50 Å². The summed E-state index contributed by atoms with van der Waals surface area (Å²) in [4.78, 5) is 2.27. The van der Waals surface area contributed by atoms with Crippen LogP contribution in [0.1, 0.15) is 30.5 Å². The van der Waals surface area contributed by atoms with E-state index in [4.69, 9.17) is 0 Å². The van der Waals surface area contributed by atoms with Crippen molar-refractivity contribution in [2.24, 2.45) is 0 Å². The van der Waals surface area contributed by atoms with Crippen molar-refractivity contribution in [3.05, 3.63) is 71.0 Å². The number of hydrogen-bond donors (Lipinski definition) is 2. The molecule has 2 N–H and O–H groups in total. The molecule has 2 heterocycles. The fraction of sp³-hybridized carbons (Fsp3) is 0.368. The summed E-state index contributed by atoms with van der Waals surface area (Å²) >= 11 is 0. The Hall–Kier alpha value is -1.75. The normalized spacial score (nSPS) is 29.1. The highest BCUT2D eigenvalue weighted by Gasteiger charge is 2.53. The number of hydrogen-bond acceptors (Lipinski definition) is 3. The van der Waals surface area contributed by atoms with Crippen molar-refractivity contribution in [3.8, 4) is 0 Å². The Morgan fingerprint density at radius 1 is 1.13 bits per heavy atom. The van der Waals surface area contributed by atoms with Crippen LogP contribution in [0.15, 0.2) is 48.5 Å². The second-order valence-electron chi connectivity index (χ2n) is 7.27. The van der Waals surface area contributed by atoms with Gasteiger partial charge in [0.15, 0.2) is 0 Å². The molecule has 0 aromatic heterocycles. The number of nitrogens with one attached hydrogen (secondary N) is 1. The molecule has 3 nitrogen and oxygen atoms in total. The van der Waals surface area contributed by atoms with Crippen LogP contribution in [0, 0.1) is 5.82 Å². The van der Waals surface area contributed by atoms with Crippen LogP contribution in [0.2, 0.25) is 0 Å². The summed E-state index contributed by atoms with van der Waals surface area (Å²) in [7, 11) is 0. The summed E-state index contributed by atoms with van der Waals surface area (Å²) in [5.41, 5.74) is 1.45. The minimum absolute atomic E-state index is 0.0826. The fourth-order valence-electron chi connectivity index (χ4n) is 4.04. The van der Waals surface area contributed by atoms with Gasteiger partial charge in [0.2, 0.25) is 0 Å². The van der Waals surface area contributed by atoms with E-state index < -0.39 is 5.60 Å². The SMILES string of the molecule is CC1(C)CN2Cc3ccccc3C(O)(c3ccc(F)cc3)C2N1. The maximum absolute atomic E-state index is 13.4. The maximum Gasteiger partial charge on any atom is 0.143 e. The third-order valence-electron chi connectivity index (χ3n) is 4.97.